The molecule has 2 heterocycles. The summed E-state index contributed by atoms with van der Waals surface area (Å²) in [5.74, 6) is 2.14. The van der Waals surface area contributed by atoms with E-state index in [0.29, 0.717) is 24.2 Å². The molecule has 1 aromatic carbocycles. The highest BCUT2D eigenvalue weighted by molar-refractivity contribution is 7.99. The third-order valence-corrected chi connectivity index (χ3v) is 5.20. The lowest BCUT2D eigenvalue weighted by atomic mass is 10.0. The molecule has 0 aliphatic carbocycles. The lowest BCUT2D eigenvalue weighted by Gasteiger charge is -2.09. The van der Waals surface area contributed by atoms with Crippen molar-refractivity contribution in [2.75, 3.05) is 5.75 Å². The van der Waals surface area contributed by atoms with Crippen molar-refractivity contribution in [3.8, 4) is 11.4 Å². The molecule has 3 aromatic rings. The van der Waals surface area contributed by atoms with Gasteiger partial charge in [-0.2, -0.15) is 0 Å². The number of thioether (sulfide) groups is 1. The van der Waals surface area contributed by atoms with Gasteiger partial charge in [-0.05, 0) is 23.6 Å². The quantitative estimate of drug-likeness (QED) is 0.432. The summed E-state index contributed by atoms with van der Waals surface area (Å²) in [5, 5.41) is 12.1. The Morgan fingerprint density at radius 3 is 2.71 bits per heavy atom. The van der Waals surface area contributed by atoms with E-state index in [2.05, 4.69) is 60.2 Å². The largest absolute Gasteiger partial charge is 0.467 e. The second-order valence-corrected chi connectivity index (χ2v) is 7.57. The minimum atomic E-state index is -0.0858. The Labute approximate surface area is 169 Å². The molecule has 146 valence electrons. The van der Waals surface area contributed by atoms with Crippen molar-refractivity contribution in [2.45, 2.75) is 38.0 Å². The van der Waals surface area contributed by atoms with Crippen LogP contribution in [0.1, 0.15) is 31.1 Å². The molecule has 0 saturated carbocycles. The fourth-order valence-corrected chi connectivity index (χ4v) is 3.48. The van der Waals surface area contributed by atoms with Crippen molar-refractivity contribution in [2.24, 2.45) is 0 Å². The predicted molar refractivity (Wildman–Crippen MR) is 111 cm³/mol. The Morgan fingerprint density at radius 1 is 1.29 bits per heavy atom. The van der Waals surface area contributed by atoms with Crippen LogP contribution in [-0.4, -0.2) is 26.4 Å². The number of hydrogen-bond donors (Lipinski definition) is 1. The minimum absolute atomic E-state index is 0.0858. The maximum absolute atomic E-state index is 12.1. The predicted octanol–water partition coefficient (Wildman–Crippen LogP) is 4.26. The fourth-order valence-electron chi connectivity index (χ4n) is 2.70. The Bertz CT molecular complexity index is 915. The first kappa shape index (κ1) is 19.9. The van der Waals surface area contributed by atoms with Gasteiger partial charge in [0.05, 0.1) is 18.6 Å². The fraction of sp³-hybridized carbons (Fsp3) is 0.286. The number of hydrogen-bond acceptors (Lipinski definition) is 5. The van der Waals surface area contributed by atoms with E-state index in [9.17, 15) is 4.79 Å². The molecule has 28 heavy (non-hydrogen) atoms. The molecule has 7 heteroatoms. The van der Waals surface area contributed by atoms with Crippen molar-refractivity contribution < 1.29 is 9.21 Å². The standard InChI is InChI=1S/C21H24N4O2S/c1-4-11-25-20(17-9-7-16(8-10-17)15(2)3)23-24-21(25)28-14-19(26)22-13-18-6-5-12-27-18/h4-10,12,15H,1,11,13-14H2,2-3H3,(H,22,26). The monoisotopic (exact) mass is 396 g/mol. The summed E-state index contributed by atoms with van der Waals surface area (Å²) < 4.78 is 7.19. The Kier molecular flexibility index (Phi) is 6.71. The highest BCUT2D eigenvalue weighted by atomic mass is 32.2. The second-order valence-electron chi connectivity index (χ2n) is 6.63. The summed E-state index contributed by atoms with van der Waals surface area (Å²) in [7, 11) is 0. The summed E-state index contributed by atoms with van der Waals surface area (Å²) in [6, 6.07) is 12.0. The number of amides is 1. The third kappa shape index (κ3) is 4.92. The Morgan fingerprint density at radius 2 is 2.07 bits per heavy atom. The lowest BCUT2D eigenvalue weighted by molar-refractivity contribution is -0.118. The van der Waals surface area contributed by atoms with E-state index < -0.39 is 0 Å². The Hall–Kier alpha value is -2.80. The number of nitrogens with zero attached hydrogens (tertiary/aromatic N) is 3. The highest BCUT2D eigenvalue weighted by Gasteiger charge is 2.15. The van der Waals surface area contributed by atoms with Crippen LogP contribution in [0.4, 0.5) is 0 Å². The van der Waals surface area contributed by atoms with Crippen molar-refractivity contribution >= 4 is 17.7 Å². The molecule has 0 aliphatic rings. The molecular weight excluding hydrogens is 372 g/mol. The van der Waals surface area contributed by atoms with E-state index in [0.717, 1.165) is 17.1 Å². The van der Waals surface area contributed by atoms with E-state index in [1.807, 2.05) is 10.6 Å². The molecule has 0 atom stereocenters. The topological polar surface area (TPSA) is 73.0 Å². The maximum Gasteiger partial charge on any atom is 0.230 e. The zero-order chi connectivity index (χ0) is 19.9. The van der Waals surface area contributed by atoms with Gasteiger partial charge < -0.3 is 9.73 Å². The van der Waals surface area contributed by atoms with E-state index in [1.54, 1.807) is 18.4 Å². The SMILES string of the molecule is C=CCn1c(SCC(=O)NCc2ccco2)nnc1-c1ccc(C(C)C)cc1. The number of nitrogens with one attached hydrogen (secondary N) is 1. The number of rotatable bonds is 9. The zero-order valence-electron chi connectivity index (χ0n) is 16.1. The molecule has 3 rings (SSSR count). The van der Waals surface area contributed by atoms with Crippen LogP contribution < -0.4 is 5.32 Å². The summed E-state index contributed by atoms with van der Waals surface area (Å²) in [5.41, 5.74) is 2.27. The van der Waals surface area contributed by atoms with Crippen LogP contribution in [0.15, 0.2) is 64.9 Å². The van der Waals surface area contributed by atoms with Gasteiger partial charge >= 0.3 is 0 Å². The number of benzene rings is 1. The normalized spacial score (nSPS) is 11.0. The van der Waals surface area contributed by atoms with Crippen LogP contribution in [-0.2, 0) is 17.9 Å². The van der Waals surface area contributed by atoms with Crippen LogP contribution in [0, 0.1) is 0 Å². The van der Waals surface area contributed by atoms with Crippen LogP contribution in [0.5, 0.6) is 0 Å². The van der Waals surface area contributed by atoms with E-state index in [1.165, 1.54) is 17.3 Å². The van der Waals surface area contributed by atoms with Gasteiger partial charge in [-0.1, -0.05) is 56.0 Å². The maximum atomic E-state index is 12.1. The van der Waals surface area contributed by atoms with Crippen LogP contribution in [0.2, 0.25) is 0 Å². The highest BCUT2D eigenvalue weighted by Crippen LogP contribution is 2.25. The summed E-state index contributed by atoms with van der Waals surface area (Å²) in [4.78, 5) is 12.1. The average molecular weight is 397 g/mol. The van der Waals surface area contributed by atoms with Gasteiger partial charge in [0.2, 0.25) is 5.91 Å². The van der Waals surface area contributed by atoms with Crippen molar-refractivity contribution in [3.63, 3.8) is 0 Å². The van der Waals surface area contributed by atoms with Gasteiger partial charge in [0, 0.05) is 12.1 Å². The van der Waals surface area contributed by atoms with Crippen LogP contribution in [0.25, 0.3) is 11.4 Å². The van der Waals surface area contributed by atoms with Gasteiger partial charge in [-0.15, -0.1) is 16.8 Å². The van der Waals surface area contributed by atoms with Gasteiger partial charge in [0.25, 0.3) is 0 Å². The van der Waals surface area contributed by atoms with Crippen molar-refractivity contribution in [1.29, 1.82) is 0 Å². The molecule has 1 amide bonds. The molecule has 0 spiro atoms. The smallest absolute Gasteiger partial charge is 0.230 e. The summed E-state index contributed by atoms with van der Waals surface area (Å²) in [6.07, 6.45) is 3.39. The van der Waals surface area contributed by atoms with Crippen molar-refractivity contribution in [3.05, 3.63) is 66.6 Å². The van der Waals surface area contributed by atoms with Gasteiger partial charge in [0.15, 0.2) is 11.0 Å². The third-order valence-electron chi connectivity index (χ3n) is 4.24. The van der Waals surface area contributed by atoms with Gasteiger partial charge in [0.1, 0.15) is 5.76 Å². The number of allylic oxidation sites excluding steroid dienone is 1. The molecular formula is C21H24N4O2S. The molecule has 1 N–H and O–H groups in total. The van der Waals surface area contributed by atoms with Gasteiger partial charge in [-0.25, -0.2) is 0 Å². The zero-order valence-corrected chi connectivity index (χ0v) is 16.9. The summed E-state index contributed by atoms with van der Waals surface area (Å²) in [6.45, 7) is 9.11. The minimum Gasteiger partial charge on any atom is -0.467 e. The average Bonchev–Trinajstić information content (AvgIpc) is 3.35. The molecule has 0 fully saturated rings. The molecule has 0 saturated heterocycles. The van der Waals surface area contributed by atoms with Crippen molar-refractivity contribution in [1.82, 2.24) is 20.1 Å². The van der Waals surface area contributed by atoms with E-state index in [4.69, 9.17) is 4.42 Å². The van der Waals surface area contributed by atoms with E-state index in [-0.39, 0.29) is 11.7 Å². The first-order chi connectivity index (χ1) is 13.6. The number of aromatic nitrogens is 3. The first-order valence-electron chi connectivity index (χ1n) is 9.14. The summed E-state index contributed by atoms with van der Waals surface area (Å²) >= 11 is 1.35. The van der Waals surface area contributed by atoms with Crippen LogP contribution in [0.3, 0.4) is 0 Å². The second kappa shape index (κ2) is 9.41. The van der Waals surface area contributed by atoms with Crippen LogP contribution >= 0.6 is 11.8 Å². The van der Waals surface area contributed by atoms with E-state index >= 15 is 0 Å². The lowest BCUT2D eigenvalue weighted by Crippen LogP contribution is -2.24. The van der Waals surface area contributed by atoms with Gasteiger partial charge in [-0.3, -0.25) is 9.36 Å². The number of furan rings is 1. The Balaban J connectivity index is 1.68. The molecule has 2 aromatic heterocycles. The first-order valence-corrected chi connectivity index (χ1v) is 10.1. The number of carbonyl (C=O) groups excluding carboxylic acids is 1. The molecule has 6 nitrogen and oxygen atoms in total. The molecule has 0 unspecified atom stereocenters. The molecule has 0 radical (unpaired) electrons. The molecule has 0 bridgehead atoms. The number of carbonyl (C=O) groups is 1. The molecule has 0 aliphatic heterocycles.